The molecular weight excluding hydrogens is 458 g/mol. The summed E-state index contributed by atoms with van der Waals surface area (Å²) in [4.78, 5) is 28.3. The minimum atomic E-state index is -3.15. The molecule has 0 aliphatic carbocycles. The van der Waals surface area contributed by atoms with Crippen LogP contribution in [-0.4, -0.2) is 62.7 Å². The molecule has 0 spiro atoms. The van der Waals surface area contributed by atoms with E-state index in [1.165, 1.54) is 27.9 Å². The molecule has 0 atom stereocenters. The van der Waals surface area contributed by atoms with E-state index in [1.807, 2.05) is 41.3 Å². The lowest BCUT2D eigenvalue weighted by Crippen LogP contribution is -2.41. The van der Waals surface area contributed by atoms with Gasteiger partial charge in [0.05, 0.1) is 17.6 Å². The molecule has 0 bridgehead atoms. The second-order valence-corrected chi connectivity index (χ2v) is 11.5. The number of fused-ring (bicyclic) bond motifs is 1. The van der Waals surface area contributed by atoms with E-state index in [4.69, 9.17) is 0 Å². The van der Waals surface area contributed by atoms with Gasteiger partial charge in [-0.25, -0.2) is 12.7 Å². The Kier molecular flexibility index (Phi) is 7.41. The van der Waals surface area contributed by atoms with Crippen molar-refractivity contribution in [1.29, 1.82) is 0 Å². The number of piperidine rings is 1. The Morgan fingerprint density at radius 3 is 2.48 bits per heavy atom. The third-order valence-electron chi connectivity index (χ3n) is 6.26. The van der Waals surface area contributed by atoms with E-state index in [-0.39, 0.29) is 23.5 Å². The van der Waals surface area contributed by atoms with Crippen LogP contribution in [0.3, 0.4) is 0 Å². The quantitative estimate of drug-likeness (QED) is 0.607. The Morgan fingerprint density at radius 1 is 1.03 bits per heavy atom. The van der Waals surface area contributed by atoms with Crippen molar-refractivity contribution < 1.29 is 18.0 Å². The predicted molar refractivity (Wildman–Crippen MR) is 131 cm³/mol. The molecule has 2 aliphatic rings. The highest BCUT2D eigenvalue weighted by Gasteiger charge is 2.26. The van der Waals surface area contributed by atoms with Crippen molar-refractivity contribution in [3.8, 4) is 0 Å². The average Bonchev–Trinajstić information content (AvgIpc) is 3.25. The fraction of sp³-hybridized carbons (Fsp3) is 0.417. The number of benzene rings is 2. The second kappa shape index (κ2) is 10.3. The SMILES string of the molecule is CS(=O)(=O)N1CCC(CNC(=O)c2ccccc2SCC(=O)N2CCc3ccccc32)CC1. The van der Waals surface area contributed by atoms with Crippen LogP contribution in [0.15, 0.2) is 53.4 Å². The summed E-state index contributed by atoms with van der Waals surface area (Å²) < 4.78 is 24.8. The van der Waals surface area contributed by atoms with Crippen molar-refractivity contribution >= 4 is 39.3 Å². The molecule has 0 radical (unpaired) electrons. The number of nitrogens with zero attached hydrogens (tertiary/aromatic N) is 2. The smallest absolute Gasteiger partial charge is 0.252 e. The van der Waals surface area contributed by atoms with Crippen LogP contribution in [0.2, 0.25) is 0 Å². The van der Waals surface area contributed by atoms with E-state index in [1.54, 1.807) is 6.07 Å². The molecule has 7 nitrogen and oxygen atoms in total. The van der Waals surface area contributed by atoms with Crippen molar-refractivity contribution in [1.82, 2.24) is 9.62 Å². The lowest BCUT2D eigenvalue weighted by atomic mass is 9.98. The summed E-state index contributed by atoms with van der Waals surface area (Å²) in [7, 11) is -3.15. The zero-order valence-corrected chi connectivity index (χ0v) is 20.3. The topological polar surface area (TPSA) is 86.8 Å². The molecule has 1 N–H and O–H groups in total. The van der Waals surface area contributed by atoms with Crippen LogP contribution >= 0.6 is 11.8 Å². The average molecular weight is 488 g/mol. The number of amides is 2. The number of carbonyl (C=O) groups is 2. The largest absolute Gasteiger partial charge is 0.352 e. The molecule has 2 aromatic carbocycles. The zero-order valence-electron chi connectivity index (χ0n) is 18.7. The number of rotatable bonds is 7. The summed E-state index contributed by atoms with van der Waals surface area (Å²) in [6, 6.07) is 15.3. The Balaban J connectivity index is 1.31. The lowest BCUT2D eigenvalue weighted by molar-refractivity contribution is -0.116. The van der Waals surface area contributed by atoms with Crippen LogP contribution in [0.4, 0.5) is 5.69 Å². The highest BCUT2D eigenvalue weighted by Crippen LogP contribution is 2.30. The Labute approximate surface area is 199 Å². The fourth-order valence-corrected chi connectivity index (χ4v) is 6.17. The molecule has 4 rings (SSSR count). The van der Waals surface area contributed by atoms with Gasteiger partial charge >= 0.3 is 0 Å². The summed E-state index contributed by atoms with van der Waals surface area (Å²) >= 11 is 1.38. The van der Waals surface area contributed by atoms with E-state index in [0.717, 1.165) is 29.8 Å². The molecule has 2 amide bonds. The molecule has 0 unspecified atom stereocenters. The number of para-hydroxylation sites is 1. The number of hydrogen-bond donors (Lipinski definition) is 1. The zero-order chi connectivity index (χ0) is 23.4. The summed E-state index contributed by atoms with van der Waals surface area (Å²) in [5, 5.41) is 3.00. The highest BCUT2D eigenvalue weighted by atomic mass is 32.2. The van der Waals surface area contributed by atoms with Gasteiger partial charge in [-0.15, -0.1) is 11.8 Å². The van der Waals surface area contributed by atoms with Gasteiger partial charge < -0.3 is 10.2 Å². The molecule has 176 valence electrons. The first-order chi connectivity index (χ1) is 15.8. The third-order valence-corrected chi connectivity index (χ3v) is 8.63. The minimum absolute atomic E-state index is 0.0396. The lowest BCUT2D eigenvalue weighted by Gasteiger charge is -2.30. The van der Waals surface area contributed by atoms with E-state index in [2.05, 4.69) is 11.4 Å². The molecule has 0 saturated carbocycles. The summed E-state index contributed by atoms with van der Waals surface area (Å²) in [5.74, 6) is 0.395. The van der Waals surface area contributed by atoms with E-state index in [0.29, 0.717) is 31.7 Å². The monoisotopic (exact) mass is 487 g/mol. The first-order valence-corrected chi connectivity index (χ1v) is 14.0. The summed E-state index contributed by atoms with van der Waals surface area (Å²) in [6.45, 7) is 2.19. The number of anilines is 1. The molecule has 9 heteroatoms. The standard InChI is InChI=1S/C24H29N3O4S2/c1-33(30,31)26-13-10-18(11-14-26)16-25-24(29)20-7-3-5-9-22(20)32-17-23(28)27-15-12-19-6-2-4-8-21(19)27/h2-9,18H,10-17H2,1H3,(H,25,29). The first kappa shape index (κ1) is 23.8. The maximum Gasteiger partial charge on any atom is 0.252 e. The predicted octanol–water partition coefficient (Wildman–Crippen LogP) is 2.77. The van der Waals surface area contributed by atoms with Crippen LogP contribution in [0.5, 0.6) is 0 Å². The number of thioether (sulfide) groups is 1. The van der Waals surface area contributed by atoms with E-state index >= 15 is 0 Å². The summed E-state index contributed by atoms with van der Waals surface area (Å²) in [5.41, 5.74) is 2.74. The van der Waals surface area contributed by atoms with Gasteiger partial charge in [0.25, 0.3) is 5.91 Å². The van der Waals surface area contributed by atoms with Gasteiger partial charge in [-0.3, -0.25) is 9.59 Å². The number of nitrogens with one attached hydrogen (secondary N) is 1. The minimum Gasteiger partial charge on any atom is -0.352 e. The van der Waals surface area contributed by atoms with Crippen LogP contribution in [-0.2, 0) is 21.2 Å². The number of carbonyl (C=O) groups excluding carboxylic acids is 2. The normalized spacial score (nSPS) is 17.1. The summed E-state index contributed by atoms with van der Waals surface area (Å²) in [6.07, 6.45) is 3.57. The van der Waals surface area contributed by atoms with Gasteiger partial charge in [-0.2, -0.15) is 0 Å². The molecule has 2 aliphatic heterocycles. The van der Waals surface area contributed by atoms with Crippen molar-refractivity contribution in [2.75, 3.05) is 43.1 Å². The molecular formula is C24H29N3O4S2. The molecule has 33 heavy (non-hydrogen) atoms. The van der Waals surface area contributed by atoms with Crippen molar-refractivity contribution in [2.24, 2.45) is 5.92 Å². The van der Waals surface area contributed by atoms with Gasteiger partial charge in [0.1, 0.15) is 0 Å². The van der Waals surface area contributed by atoms with Crippen LogP contribution in [0, 0.1) is 5.92 Å². The third kappa shape index (κ3) is 5.77. The van der Waals surface area contributed by atoms with Gasteiger partial charge in [-0.1, -0.05) is 30.3 Å². The maximum absolute atomic E-state index is 12.9. The molecule has 1 fully saturated rings. The van der Waals surface area contributed by atoms with Crippen molar-refractivity contribution in [2.45, 2.75) is 24.2 Å². The van der Waals surface area contributed by atoms with Gasteiger partial charge in [0.2, 0.25) is 15.9 Å². The molecule has 2 aromatic rings. The van der Waals surface area contributed by atoms with Crippen molar-refractivity contribution in [3.05, 3.63) is 59.7 Å². The molecule has 2 heterocycles. The second-order valence-electron chi connectivity index (χ2n) is 8.52. The Hall–Kier alpha value is -2.36. The van der Waals surface area contributed by atoms with Crippen LogP contribution in [0.25, 0.3) is 0 Å². The fourth-order valence-electron chi connectivity index (χ4n) is 4.37. The van der Waals surface area contributed by atoms with Gasteiger partial charge in [-0.05, 0) is 48.9 Å². The number of hydrogen-bond acceptors (Lipinski definition) is 5. The molecule has 1 saturated heterocycles. The van der Waals surface area contributed by atoms with E-state index in [9.17, 15) is 18.0 Å². The Bertz CT molecular complexity index is 1130. The van der Waals surface area contributed by atoms with E-state index < -0.39 is 10.0 Å². The number of sulfonamides is 1. The van der Waals surface area contributed by atoms with Gasteiger partial charge in [0, 0.05) is 36.8 Å². The molecule has 0 aromatic heterocycles. The van der Waals surface area contributed by atoms with Crippen LogP contribution < -0.4 is 10.2 Å². The highest BCUT2D eigenvalue weighted by molar-refractivity contribution is 8.00. The van der Waals surface area contributed by atoms with Crippen molar-refractivity contribution in [3.63, 3.8) is 0 Å². The Morgan fingerprint density at radius 2 is 1.73 bits per heavy atom. The van der Waals surface area contributed by atoms with Gasteiger partial charge in [0.15, 0.2) is 0 Å². The first-order valence-electron chi connectivity index (χ1n) is 11.2. The maximum atomic E-state index is 12.9. The van der Waals surface area contributed by atoms with Crippen LogP contribution in [0.1, 0.15) is 28.8 Å².